The van der Waals surface area contributed by atoms with Crippen molar-refractivity contribution in [2.45, 2.75) is 0 Å². The van der Waals surface area contributed by atoms with Gasteiger partial charge in [0.15, 0.2) is 0 Å². The highest BCUT2D eigenvalue weighted by Crippen LogP contribution is 2.28. The van der Waals surface area contributed by atoms with Crippen molar-refractivity contribution in [3.63, 3.8) is 0 Å². The molecule has 0 fully saturated rings. The lowest BCUT2D eigenvalue weighted by Gasteiger charge is -2.00. The number of benzene rings is 1. The average molecular weight is 316 g/mol. The number of hydrogen-bond acceptors (Lipinski definition) is 1. The van der Waals surface area contributed by atoms with Crippen LogP contribution in [-0.2, 0) is 0 Å². The van der Waals surface area contributed by atoms with E-state index in [1.807, 2.05) is 0 Å². The molecule has 0 aliphatic rings. The molecule has 0 aromatic heterocycles. The minimum atomic E-state index is -0.693. The first kappa shape index (κ1) is 10.2. The molecule has 0 saturated carbocycles. The van der Waals surface area contributed by atoms with Crippen molar-refractivity contribution >= 4 is 48.7 Å². The van der Waals surface area contributed by atoms with Crippen LogP contribution in [0.5, 0.6) is 0 Å². The predicted octanol–water partition coefficient (Wildman–Crippen LogP) is 3.73. The SMILES string of the molecule is O=C(Cl)c1cc(F)cc(Br)c1Br. The highest BCUT2D eigenvalue weighted by molar-refractivity contribution is 9.13. The first-order chi connectivity index (χ1) is 5.52. The zero-order valence-corrected chi connectivity index (χ0v) is 9.50. The lowest BCUT2D eigenvalue weighted by Crippen LogP contribution is -1.92. The second-order valence-electron chi connectivity index (χ2n) is 2.02. The summed E-state index contributed by atoms with van der Waals surface area (Å²) in [6, 6.07) is 2.32. The summed E-state index contributed by atoms with van der Waals surface area (Å²) in [6.07, 6.45) is 0. The van der Waals surface area contributed by atoms with Gasteiger partial charge in [-0.2, -0.15) is 0 Å². The highest BCUT2D eigenvalue weighted by atomic mass is 79.9. The molecule has 0 bridgehead atoms. The van der Waals surface area contributed by atoms with Gasteiger partial charge in [-0.05, 0) is 55.6 Å². The standard InChI is InChI=1S/C7H2Br2ClFO/c8-5-2-3(11)1-4(6(5)9)7(10)12/h1-2H. The summed E-state index contributed by atoms with van der Waals surface area (Å²) in [4.78, 5) is 10.7. The molecule has 0 heterocycles. The van der Waals surface area contributed by atoms with Crippen molar-refractivity contribution in [3.8, 4) is 0 Å². The Hall–Kier alpha value is 0.0700. The molecule has 0 aliphatic heterocycles. The number of halogens is 4. The highest BCUT2D eigenvalue weighted by Gasteiger charge is 2.11. The van der Waals surface area contributed by atoms with Crippen LogP contribution in [0.15, 0.2) is 21.1 Å². The van der Waals surface area contributed by atoms with Gasteiger partial charge in [0.05, 0.1) is 5.56 Å². The molecule has 1 aromatic carbocycles. The van der Waals surface area contributed by atoms with Crippen molar-refractivity contribution in [2.24, 2.45) is 0 Å². The van der Waals surface area contributed by atoms with E-state index < -0.39 is 11.1 Å². The molecule has 0 aliphatic carbocycles. The minimum Gasteiger partial charge on any atom is -0.276 e. The summed E-state index contributed by atoms with van der Waals surface area (Å²) in [5.74, 6) is -0.505. The second kappa shape index (κ2) is 3.85. The molecule has 12 heavy (non-hydrogen) atoms. The number of carbonyl (C=O) groups is 1. The van der Waals surface area contributed by atoms with Crippen LogP contribution in [0.4, 0.5) is 4.39 Å². The average Bonchev–Trinajstić information content (AvgIpc) is 1.96. The molecule has 0 atom stereocenters. The van der Waals surface area contributed by atoms with Gasteiger partial charge < -0.3 is 0 Å². The third kappa shape index (κ3) is 2.06. The van der Waals surface area contributed by atoms with Crippen LogP contribution in [0.25, 0.3) is 0 Å². The van der Waals surface area contributed by atoms with Gasteiger partial charge in [-0.25, -0.2) is 4.39 Å². The van der Waals surface area contributed by atoms with Crippen molar-refractivity contribution in [1.82, 2.24) is 0 Å². The van der Waals surface area contributed by atoms with Crippen LogP contribution >= 0.6 is 43.5 Å². The maximum atomic E-state index is 12.7. The Morgan fingerprint density at radius 3 is 2.50 bits per heavy atom. The molecule has 1 aromatic rings. The molecule has 5 heteroatoms. The number of hydrogen-bond donors (Lipinski definition) is 0. The van der Waals surface area contributed by atoms with E-state index in [1.54, 1.807) is 0 Å². The molecule has 0 saturated heterocycles. The van der Waals surface area contributed by atoms with Crippen molar-refractivity contribution < 1.29 is 9.18 Å². The monoisotopic (exact) mass is 314 g/mol. The zero-order chi connectivity index (χ0) is 9.30. The lowest BCUT2D eigenvalue weighted by molar-refractivity contribution is 0.108. The Morgan fingerprint density at radius 2 is 2.00 bits per heavy atom. The molecule has 0 spiro atoms. The Labute approximate surface area is 90.2 Å². The molecular weight excluding hydrogens is 314 g/mol. The van der Waals surface area contributed by atoms with Gasteiger partial charge in [0.25, 0.3) is 5.24 Å². The van der Waals surface area contributed by atoms with E-state index in [9.17, 15) is 9.18 Å². The van der Waals surface area contributed by atoms with Crippen LogP contribution in [-0.4, -0.2) is 5.24 Å². The van der Waals surface area contributed by atoms with Gasteiger partial charge in [-0.3, -0.25) is 4.79 Å². The Morgan fingerprint density at radius 1 is 1.42 bits per heavy atom. The summed E-state index contributed by atoms with van der Waals surface area (Å²) >= 11 is 11.4. The van der Waals surface area contributed by atoms with Crippen molar-refractivity contribution in [3.05, 3.63) is 32.5 Å². The number of rotatable bonds is 1. The van der Waals surface area contributed by atoms with Gasteiger partial charge in [-0.15, -0.1) is 0 Å². The predicted molar refractivity (Wildman–Crippen MR) is 52.0 cm³/mol. The molecule has 0 amide bonds. The van der Waals surface area contributed by atoms with Crippen molar-refractivity contribution in [1.29, 1.82) is 0 Å². The topological polar surface area (TPSA) is 17.1 Å². The fourth-order valence-corrected chi connectivity index (χ4v) is 1.80. The molecule has 1 nitrogen and oxygen atoms in total. The van der Waals surface area contributed by atoms with Gasteiger partial charge in [-0.1, -0.05) is 0 Å². The van der Waals surface area contributed by atoms with E-state index in [-0.39, 0.29) is 5.56 Å². The maximum absolute atomic E-state index is 12.7. The molecular formula is C7H2Br2ClFO. The molecule has 0 unspecified atom stereocenters. The molecule has 64 valence electrons. The largest absolute Gasteiger partial charge is 0.276 e. The van der Waals surface area contributed by atoms with Gasteiger partial charge >= 0.3 is 0 Å². The van der Waals surface area contributed by atoms with Gasteiger partial charge in [0.2, 0.25) is 0 Å². The van der Waals surface area contributed by atoms with Crippen LogP contribution in [0.2, 0.25) is 0 Å². The summed E-state index contributed by atoms with van der Waals surface area (Å²) in [6.45, 7) is 0. The van der Waals surface area contributed by atoms with E-state index in [0.717, 1.165) is 6.07 Å². The summed E-state index contributed by atoms with van der Waals surface area (Å²) < 4.78 is 13.6. The molecule has 0 radical (unpaired) electrons. The smallest absolute Gasteiger partial charge is 0.253 e. The lowest BCUT2D eigenvalue weighted by atomic mass is 10.2. The minimum absolute atomic E-state index is 0.114. The quantitative estimate of drug-likeness (QED) is 0.570. The van der Waals surface area contributed by atoms with E-state index in [4.69, 9.17) is 11.6 Å². The van der Waals surface area contributed by atoms with Crippen LogP contribution < -0.4 is 0 Å². The van der Waals surface area contributed by atoms with Crippen LogP contribution in [0.1, 0.15) is 10.4 Å². The van der Waals surface area contributed by atoms with Crippen LogP contribution in [0.3, 0.4) is 0 Å². The fraction of sp³-hybridized carbons (Fsp3) is 0. The summed E-state index contributed by atoms with van der Waals surface area (Å²) in [5, 5.41) is -0.693. The number of carbonyl (C=O) groups excluding carboxylic acids is 1. The van der Waals surface area contributed by atoms with Gasteiger partial charge in [0, 0.05) is 8.95 Å². The van der Waals surface area contributed by atoms with Gasteiger partial charge in [0.1, 0.15) is 5.82 Å². The van der Waals surface area contributed by atoms with Crippen molar-refractivity contribution in [2.75, 3.05) is 0 Å². The first-order valence-electron chi connectivity index (χ1n) is 2.86. The molecule has 1 rings (SSSR count). The third-order valence-electron chi connectivity index (χ3n) is 1.20. The summed E-state index contributed by atoms with van der Waals surface area (Å²) in [5.41, 5.74) is 0.114. The van der Waals surface area contributed by atoms with E-state index in [1.165, 1.54) is 6.07 Å². The normalized spacial score (nSPS) is 10.0. The third-order valence-corrected chi connectivity index (χ3v) is 3.42. The molecule has 0 N–H and O–H groups in total. The second-order valence-corrected chi connectivity index (χ2v) is 4.01. The summed E-state index contributed by atoms with van der Waals surface area (Å²) in [7, 11) is 0. The van der Waals surface area contributed by atoms with E-state index >= 15 is 0 Å². The first-order valence-corrected chi connectivity index (χ1v) is 4.83. The van der Waals surface area contributed by atoms with Crippen LogP contribution in [0, 0.1) is 5.82 Å². The Bertz CT molecular complexity index is 340. The fourth-order valence-electron chi connectivity index (χ4n) is 0.699. The Kier molecular flexibility index (Phi) is 3.26. The van der Waals surface area contributed by atoms with E-state index in [2.05, 4.69) is 31.9 Å². The zero-order valence-electron chi connectivity index (χ0n) is 5.57. The van der Waals surface area contributed by atoms with E-state index in [0.29, 0.717) is 8.95 Å². The Balaban J connectivity index is 3.37. The maximum Gasteiger partial charge on any atom is 0.253 e.